The monoisotopic (exact) mass is 209 g/mol. The fraction of sp³-hybridized carbons (Fsp3) is 0.857. The van der Waals surface area contributed by atoms with Gasteiger partial charge >= 0.3 is 0 Å². The Morgan fingerprint density at radius 1 is 1.07 bits per heavy atom. The molecular weight excluding hydrogens is 182 g/mol. The zero-order valence-corrected chi connectivity index (χ0v) is 10.6. The van der Waals surface area contributed by atoms with E-state index in [0.29, 0.717) is 0 Å². The van der Waals surface area contributed by atoms with Gasteiger partial charge in [-0.2, -0.15) is 0 Å². The Hall–Kier alpha value is -0.460. The van der Waals surface area contributed by atoms with Crippen LogP contribution in [0.4, 0.5) is 0 Å². The normalized spacial score (nSPS) is 15.9. The van der Waals surface area contributed by atoms with Gasteiger partial charge < -0.3 is 4.90 Å². The first-order valence-electron chi connectivity index (χ1n) is 6.80. The Morgan fingerprint density at radius 3 is 2.47 bits per heavy atom. The highest BCUT2D eigenvalue weighted by atomic mass is 15.1. The second-order valence-electron chi connectivity index (χ2n) is 4.69. The van der Waals surface area contributed by atoms with Gasteiger partial charge in [-0.25, -0.2) is 0 Å². The minimum Gasteiger partial charge on any atom is -0.377 e. The van der Waals surface area contributed by atoms with Gasteiger partial charge in [0, 0.05) is 13.1 Å². The molecule has 0 aromatic rings. The van der Waals surface area contributed by atoms with Gasteiger partial charge in [-0.3, -0.25) is 0 Å². The lowest BCUT2D eigenvalue weighted by molar-refractivity contribution is 0.388. The van der Waals surface area contributed by atoms with E-state index in [-0.39, 0.29) is 0 Å². The Balaban J connectivity index is 1.94. The van der Waals surface area contributed by atoms with Crippen LogP contribution in [0.3, 0.4) is 0 Å². The maximum absolute atomic E-state index is 2.51. The number of nitrogens with zero attached hydrogens (tertiary/aromatic N) is 1. The summed E-state index contributed by atoms with van der Waals surface area (Å²) in [6, 6.07) is 0. The van der Waals surface area contributed by atoms with E-state index in [9.17, 15) is 0 Å². The van der Waals surface area contributed by atoms with Gasteiger partial charge in [0.05, 0.1) is 0 Å². The molecule has 0 amide bonds. The maximum Gasteiger partial charge on any atom is 0.0210 e. The molecule has 1 nitrogen and oxygen atoms in total. The highest BCUT2D eigenvalue weighted by molar-refractivity contribution is 5.06. The van der Waals surface area contributed by atoms with Crippen molar-refractivity contribution in [2.45, 2.75) is 65.2 Å². The van der Waals surface area contributed by atoms with Crippen LogP contribution in [0.2, 0.25) is 0 Å². The van der Waals surface area contributed by atoms with Gasteiger partial charge in [0.2, 0.25) is 0 Å². The lowest BCUT2D eigenvalue weighted by Gasteiger charge is -2.14. The average molecular weight is 209 g/mol. The Labute approximate surface area is 95.5 Å². The van der Waals surface area contributed by atoms with Crippen LogP contribution in [0.15, 0.2) is 11.8 Å². The molecule has 1 aliphatic rings. The van der Waals surface area contributed by atoms with Crippen molar-refractivity contribution in [1.29, 1.82) is 0 Å². The van der Waals surface area contributed by atoms with E-state index in [1.54, 1.807) is 5.57 Å². The fourth-order valence-electron chi connectivity index (χ4n) is 2.21. The van der Waals surface area contributed by atoms with Crippen molar-refractivity contribution in [3.63, 3.8) is 0 Å². The second-order valence-corrected chi connectivity index (χ2v) is 4.69. The van der Waals surface area contributed by atoms with Crippen molar-refractivity contribution in [2.75, 3.05) is 13.1 Å². The maximum atomic E-state index is 2.51. The summed E-state index contributed by atoms with van der Waals surface area (Å²) in [5.74, 6) is 0. The zero-order valence-electron chi connectivity index (χ0n) is 10.6. The third kappa shape index (κ3) is 5.25. The molecule has 0 fully saturated rings. The van der Waals surface area contributed by atoms with E-state index in [1.165, 1.54) is 64.5 Å². The Morgan fingerprint density at radius 2 is 1.80 bits per heavy atom. The molecule has 15 heavy (non-hydrogen) atoms. The number of hydrogen-bond donors (Lipinski definition) is 0. The van der Waals surface area contributed by atoms with Gasteiger partial charge in [0.1, 0.15) is 0 Å². The van der Waals surface area contributed by atoms with Gasteiger partial charge in [-0.05, 0) is 25.5 Å². The molecule has 0 unspecified atom stereocenters. The van der Waals surface area contributed by atoms with Gasteiger partial charge in [-0.15, -0.1) is 0 Å². The van der Waals surface area contributed by atoms with Crippen LogP contribution in [0, 0.1) is 0 Å². The van der Waals surface area contributed by atoms with Crippen molar-refractivity contribution < 1.29 is 0 Å². The minimum absolute atomic E-state index is 1.24. The molecule has 0 N–H and O–H groups in total. The standard InChI is InChI=1S/C14H27N/c1-3-5-6-7-8-9-11-15-12-10-14(4-2)13-15/h13H,3-12H2,1-2H3. The number of hydrogen-bond acceptors (Lipinski definition) is 1. The van der Waals surface area contributed by atoms with Crippen LogP contribution in [-0.4, -0.2) is 18.0 Å². The summed E-state index contributed by atoms with van der Waals surface area (Å²) < 4.78 is 0. The molecule has 1 aliphatic heterocycles. The Kier molecular flexibility index (Phi) is 6.54. The van der Waals surface area contributed by atoms with E-state index in [1.807, 2.05) is 0 Å². The molecule has 0 bridgehead atoms. The quantitative estimate of drug-likeness (QED) is 0.537. The van der Waals surface area contributed by atoms with E-state index in [0.717, 1.165) is 0 Å². The van der Waals surface area contributed by atoms with Crippen LogP contribution < -0.4 is 0 Å². The molecule has 0 saturated heterocycles. The highest BCUT2D eigenvalue weighted by Crippen LogP contribution is 2.17. The molecule has 0 aromatic heterocycles. The van der Waals surface area contributed by atoms with E-state index in [2.05, 4.69) is 24.9 Å². The summed E-state index contributed by atoms with van der Waals surface area (Å²) in [6.07, 6.45) is 13.4. The molecule has 0 spiro atoms. The summed E-state index contributed by atoms with van der Waals surface area (Å²) in [6.45, 7) is 7.11. The summed E-state index contributed by atoms with van der Waals surface area (Å²) in [5.41, 5.74) is 1.64. The number of rotatable bonds is 8. The van der Waals surface area contributed by atoms with E-state index in [4.69, 9.17) is 0 Å². The minimum atomic E-state index is 1.24. The molecule has 0 aromatic carbocycles. The smallest absolute Gasteiger partial charge is 0.0210 e. The van der Waals surface area contributed by atoms with Crippen molar-refractivity contribution in [2.24, 2.45) is 0 Å². The first kappa shape index (κ1) is 12.6. The van der Waals surface area contributed by atoms with Crippen LogP contribution >= 0.6 is 0 Å². The van der Waals surface area contributed by atoms with Crippen LogP contribution in [-0.2, 0) is 0 Å². The van der Waals surface area contributed by atoms with Gasteiger partial charge in [0.25, 0.3) is 0 Å². The topological polar surface area (TPSA) is 3.24 Å². The first-order valence-corrected chi connectivity index (χ1v) is 6.80. The molecule has 0 atom stereocenters. The summed E-state index contributed by atoms with van der Waals surface area (Å²) in [4.78, 5) is 2.51. The van der Waals surface area contributed by atoms with Gasteiger partial charge in [-0.1, -0.05) is 51.5 Å². The summed E-state index contributed by atoms with van der Waals surface area (Å²) >= 11 is 0. The number of unbranched alkanes of at least 4 members (excludes halogenated alkanes) is 5. The third-order valence-corrected chi connectivity index (χ3v) is 3.34. The second kappa shape index (κ2) is 7.78. The average Bonchev–Trinajstić information content (AvgIpc) is 2.71. The predicted molar refractivity (Wildman–Crippen MR) is 67.9 cm³/mol. The molecule has 1 heterocycles. The third-order valence-electron chi connectivity index (χ3n) is 3.34. The Bertz CT molecular complexity index is 184. The lowest BCUT2D eigenvalue weighted by Crippen LogP contribution is -2.15. The van der Waals surface area contributed by atoms with Crippen molar-refractivity contribution in [3.8, 4) is 0 Å². The molecule has 88 valence electrons. The molecular formula is C14H27N. The van der Waals surface area contributed by atoms with Crippen molar-refractivity contribution in [3.05, 3.63) is 11.8 Å². The largest absolute Gasteiger partial charge is 0.377 e. The lowest BCUT2D eigenvalue weighted by atomic mass is 10.1. The molecule has 0 aliphatic carbocycles. The SMILES string of the molecule is CCCCCCCCN1C=C(CC)CC1. The summed E-state index contributed by atoms with van der Waals surface area (Å²) in [7, 11) is 0. The van der Waals surface area contributed by atoms with E-state index >= 15 is 0 Å². The molecule has 0 saturated carbocycles. The highest BCUT2D eigenvalue weighted by Gasteiger charge is 2.09. The van der Waals surface area contributed by atoms with Crippen molar-refractivity contribution >= 4 is 0 Å². The zero-order chi connectivity index (χ0) is 10.9. The molecule has 1 heteroatoms. The molecule has 1 rings (SSSR count). The first-order chi connectivity index (χ1) is 7.36. The van der Waals surface area contributed by atoms with Crippen molar-refractivity contribution in [1.82, 2.24) is 4.90 Å². The summed E-state index contributed by atoms with van der Waals surface area (Å²) in [5, 5.41) is 0. The fourth-order valence-corrected chi connectivity index (χ4v) is 2.21. The van der Waals surface area contributed by atoms with Crippen LogP contribution in [0.5, 0.6) is 0 Å². The van der Waals surface area contributed by atoms with Gasteiger partial charge in [0.15, 0.2) is 0 Å². The molecule has 0 radical (unpaired) electrons. The van der Waals surface area contributed by atoms with E-state index < -0.39 is 0 Å². The predicted octanol–water partition coefficient (Wildman–Crippen LogP) is 4.35. The van der Waals surface area contributed by atoms with Crippen LogP contribution in [0.1, 0.15) is 65.2 Å². The van der Waals surface area contributed by atoms with Crippen LogP contribution in [0.25, 0.3) is 0 Å².